The Labute approximate surface area is 122 Å². The zero-order valence-corrected chi connectivity index (χ0v) is 12.1. The summed E-state index contributed by atoms with van der Waals surface area (Å²) in [6, 6.07) is 0. The highest BCUT2D eigenvalue weighted by Crippen LogP contribution is 2.38. The lowest BCUT2D eigenvalue weighted by molar-refractivity contribution is -0.0484. The number of halogens is 1. The van der Waals surface area contributed by atoms with Gasteiger partial charge in [0.15, 0.2) is 12.4 Å². The Balaban J connectivity index is 2.23. The van der Waals surface area contributed by atoms with E-state index in [0.29, 0.717) is 0 Å². The molecule has 0 aliphatic carbocycles. The van der Waals surface area contributed by atoms with Gasteiger partial charge in [0.25, 0.3) is 5.56 Å². The SMILES string of the molecule is Cc1cn([C@@H]2O[C@H](COP(=O)(O)O)[C@@H](O)[C@@H]2F)c(=O)[nH]c1=O. The largest absolute Gasteiger partial charge is 0.469 e. The molecular formula is C10H14FN2O8P. The molecule has 1 aliphatic rings. The second-order valence-electron chi connectivity index (χ2n) is 4.77. The summed E-state index contributed by atoms with van der Waals surface area (Å²) in [4.78, 5) is 42.1. The second-order valence-corrected chi connectivity index (χ2v) is 6.00. The minimum atomic E-state index is -4.81. The zero-order chi connectivity index (χ0) is 16.7. The van der Waals surface area contributed by atoms with Gasteiger partial charge in [-0.25, -0.2) is 13.8 Å². The third kappa shape index (κ3) is 3.51. The smallest absolute Gasteiger partial charge is 0.387 e. The minimum Gasteiger partial charge on any atom is -0.387 e. The van der Waals surface area contributed by atoms with Crippen LogP contribution >= 0.6 is 7.82 Å². The van der Waals surface area contributed by atoms with Gasteiger partial charge in [-0.1, -0.05) is 0 Å². The number of alkyl halides is 1. The summed E-state index contributed by atoms with van der Waals surface area (Å²) < 4.78 is 34.7. The zero-order valence-electron chi connectivity index (χ0n) is 11.2. The van der Waals surface area contributed by atoms with E-state index in [0.717, 1.165) is 10.8 Å². The van der Waals surface area contributed by atoms with Crippen molar-refractivity contribution in [2.45, 2.75) is 31.5 Å². The summed E-state index contributed by atoms with van der Waals surface area (Å²) in [5.74, 6) is 0. The molecule has 0 radical (unpaired) electrons. The second kappa shape index (κ2) is 6.03. The molecule has 0 aromatic carbocycles. The normalized spacial score (nSPS) is 29.0. The highest BCUT2D eigenvalue weighted by Gasteiger charge is 2.46. The van der Waals surface area contributed by atoms with Crippen molar-refractivity contribution < 1.29 is 33.1 Å². The van der Waals surface area contributed by atoms with Crippen LogP contribution in [0.3, 0.4) is 0 Å². The van der Waals surface area contributed by atoms with Gasteiger partial charge in [-0.15, -0.1) is 0 Å². The first-order chi connectivity index (χ1) is 10.1. The Kier molecular flexibility index (Phi) is 4.66. The van der Waals surface area contributed by atoms with E-state index in [9.17, 15) is 23.7 Å². The average molecular weight is 340 g/mol. The topological polar surface area (TPSA) is 151 Å². The predicted molar refractivity (Wildman–Crippen MR) is 68.9 cm³/mol. The van der Waals surface area contributed by atoms with Crippen molar-refractivity contribution in [1.29, 1.82) is 0 Å². The number of aliphatic hydroxyl groups is 1. The fourth-order valence-corrected chi connectivity index (χ4v) is 2.35. The van der Waals surface area contributed by atoms with Crippen LogP contribution in [-0.2, 0) is 13.8 Å². The number of phosphoric acid groups is 1. The number of phosphoric ester groups is 1. The predicted octanol–water partition coefficient (Wildman–Crippen LogP) is -1.45. The number of aromatic nitrogens is 2. The van der Waals surface area contributed by atoms with E-state index >= 15 is 0 Å². The summed E-state index contributed by atoms with van der Waals surface area (Å²) in [5, 5.41) is 9.68. The molecule has 4 atom stereocenters. The van der Waals surface area contributed by atoms with E-state index in [1.807, 2.05) is 4.98 Å². The van der Waals surface area contributed by atoms with Crippen LogP contribution < -0.4 is 11.2 Å². The molecular weight excluding hydrogens is 326 g/mol. The third-order valence-electron chi connectivity index (χ3n) is 3.12. The number of nitrogens with one attached hydrogen (secondary N) is 1. The van der Waals surface area contributed by atoms with Gasteiger partial charge in [0.1, 0.15) is 12.2 Å². The first-order valence-corrected chi connectivity index (χ1v) is 7.63. The number of aryl methyl sites for hydroxylation is 1. The Morgan fingerprint density at radius 2 is 2.14 bits per heavy atom. The summed E-state index contributed by atoms with van der Waals surface area (Å²) in [6.45, 7) is 0.626. The molecule has 22 heavy (non-hydrogen) atoms. The van der Waals surface area contributed by atoms with E-state index < -0.39 is 50.3 Å². The van der Waals surface area contributed by atoms with Gasteiger partial charge in [0.2, 0.25) is 0 Å². The molecule has 1 aliphatic heterocycles. The van der Waals surface area contributed by atoms with Crippen molar-refractivity contribution in [3.8, 4) is 0 Å². The molecule has 2 heterocycles. The van der Waals surface area contributed by atoms with Crippen LogP contribution in [0.2, 0.25) is 0 Å². The number of aliphatic hydroxyl groups excluding tert-OH is 1. The van der Waals surface area contributed by atoms with Gasteiger partial charge in [0, 0.05) is 11.8 Å². The fourth-order valence-electron chi connectivity index (χ4n) is 2.01. The quantitative estimate of drug-likeness (QED) is 0.486. The molecule has 0 amide bonds. The van der Waals surface area contributed by atoms with Crippen molar-refractivity contribution in [2.24, 2.45) is 0 Å². The average Bonchev–Trinajstić information content (AvgIpc) is 2.68. The van der Waals surface area contributed by atoms with Crippen LogP contribution in [0.4, 0.5) is 4.39 Å². The molecule has 10 nitrogen and oxygen atoms in total. The fraction of sp³-hybridized carbons (Fsp3) is 0.600. The van der Waals surface area contributed by atoms with Crippen LogP contribution in [0.15, 0.2) is 15.8 Å². The number of nitrogens with zero attached hydrogens (tertiary/aromatic N) is 1. The highest BCUT2D eigenvalue weighted by atomic mass is 31.2. The van der Waals surface area contributed by atoms with Crippen LogP contribution in [0.5, 0.6) is 0 Å². The van der Waals surface area contributed by atoms with E-state index in [4.69, 9.17) is 14.5 Å². The molecule has 0 saturated carbocycles. The van der Waals surface area contributed by atoms with Gasteiger partial charge in [-0.2, -0.15) is 0 Å². The van der Waals surface area contributed by atoms with Crippen molar-refractivity contribution in [2.75, 3.05) is 6.61 Å². The molecule has 1 aromatic heterocycles. The lowest BCUT2D eigenvalue weighted by atomic mass is 10.1. The molecule has 0 spiro atoms. The number of hydrogen-bond donors (Lipinski definition) is 4. The monoisotopic (exact) mass is 340 g/mol. The first-order valence-electron chi connectivity index (χ1n) is 6.10. The molecule has 4 N–H and O–H groups in total. The summed E-state index contributed by atoms with van der Waals surface area (Å²) in [6.07, 6.45) is -5.67. The lowest BCUT2D eigenvalue weighted by Gasteiger charge is -2.16. The Morgan fingerprint density at radius 3 is 2.73 bits per heavy atom. The van der Waals surface area contributed by atoms with E-state index in [2.05, 4.69) is 4.52 Å². The summed E-state index contributed by atoms with van der Waals surface area (Å²) >= 11 is 0. The molecule has 124 valence electrons. The van der Waals surface area contributed by atoms with E-state index in [1.54, 1.807) is 0 Å². The molecule has 2 rings (SSSR count). The standard InChI is InChI=1S/C10H14FN2O8P/c1-4-2-13(10(16)12-8(4)15)9-6(11)7(14)5(21-9)3-20-22(17,18)19/h2,5-7,9,14H,3H2,1H3,(H,12,15,16)(H2,17,18,19)/t5-,6+,7-,9-/m1/s1. The van der Waals surface area contributed by atoms with Crippen molar-refractivity contribution in [1.82, 2.24) is 9.55 Å². The molecule has 1 saturated heterocycles. The Bertz CT molecular complexity index is 712. The van der Waals surface area contributed by atoms with Crippen LogP contribution in [0, 0.1) is 6.92 Å². The molecule has 0 bridgehead atoms. The minimum absolute atomic E-state index is 0.125. The van der Waals surface area contributed by atoms with Crippen molar-refractivity contribution in [3.05, 3.63) is 32.6 Å². The molecule has 1 aromatic rings. The van der Waals surface area contributed by atoms with Gasteiger partial charge >= 0.3 is 13.5 Å². The maximum absolute atomic E-state index is 14.1. The van der Waals surface area contributed by atoms with Crippen molar-refractivity contribution in [3.63, 3.8) is 0 Å². The number of ether oxygens (including phenoxy) is 1. The van der Waals surface area contributed by atoms with Gasteiger partial charge < -0.3 is 19.6 Å². The summed E-state index contributed by atoms with van der Waals surface area (Å²) in [5.41, 5.74) is -1.46. The van der Waals surface area contributed by atoms with E-state index in [-0.39, 0.29) is 5.56 Å². The number of H-pyrrole nitrogens is 1. The maximum atomic E-state index is 14.1. The number of aromatic amines is 1. The Morgan fingerprint density at radius 1 is 1.50 bits per heavy atom. The van der Waals surface area contributed by atoms with E-state index in [1.165, 1.54) is 6.92 Å². The van der Waals surface area contributed by atoms with Crippen LogP contribution in [0.1, 0.15) is 11.8 Å². The third-order valence-corrected chi connectivity index (χ3v) is 3.61. The first kappa shape index (κ1) is 17.0. The summed E-state index contributed by atoms with van der Waals surface area (Å²) in [7, 11) is -4.81. The molecule has 1 fully saturated rings. The number of rotatable bonds is 4. The molecule has 12 heteroatoms. The molecule has 0 unspecified atom stereocenters. The van der Waals surface area contributed by atoms with Crippen LogP contribution in [0.25, 0.3) is 0 Å². The lowest BCUT2D eigenvalue weighted by Crippen LogP contribution is -2.36. The number of hydrogen-bond acceptors (Lipinski definition) is 6. The van der Waals surface area contributed by atoms with Gasteiger partial charge in [-0.05, 0) is 6.92 Å². The Hall–Kier alpha value is -1.36. The van der Waals surface area contributed by atoms with Crippen molar-refractivity contribution >= 4 is 7.82 Å². The highest BCUT2D eigenvalue weighted by molar-refractivity contribution is 7.46. The van der Waals surface area contributed by atoms with Gasteiger partial charge in [-0.3, -0.25) is 18.9 Å². The van der Waals surface area contributed by atoms with Gasteiger partial charge in [0.05, 0.1) is 6.61 Å². The maximum Gasteiger partial charge on any atom is 0.469 e. The van der Waals surface area contributed by atoms with Crippen LogP contribution in [-0.4, -0.2) is 49.4 Å².